The van der Waals surface area contributed by atoms with Crippen LogP contribution in [-0.2, 0) is 17.6 Å². The van der Waals surface area contributed by atoms with Crippen molar-refractivity contribution < 1.29 is 14.7 Å². The number of carbonyl (C=O) groups is 2. The molecule has 1 fully saturated rings. The number of carboxylic acids is 1. The maximum Gasteiger partial charge on any atom is 0.308 e. The van der Waals surface area contributed by atoms with Crippen LogP contribution in [-0.4, -0.2) is 35.0 Å². The van der Waals surface area contributed by atoms with E-state index in [-0.39, 0.29) is 18.4 Å². The molecule has 2 heterocycles. The van der Waals surface area contributed by atoms with Crippen molar-refractivity contribution in [3.8, 4) is 0 Å². The highest BCUT2D eigenvalue weighted by Gasteiger charge is 2.41. The van der Waals surface area contributed by atoms with Crippen molar-refractivity contribution in [2.24, 2.45) is 5.92 Å². The Morgan fingerprint density at radius 2 is 1.84 bits per heavy atom. The number of carbonyl (C=O) groups excluding carboxylic acids is 1. The highest BCUT2D eigenvalue weighted by molar-refractivity contribution is 7.14. The van der Waals surface area contributed by atoms with Gasteiger partial charge in [-0.15, -0.1) is 11.3 Å². The molecule has 1 aromatic carbocycles. The highest BCUT2D eigenvalue weighted by Crippen LogP contribution is 2.36. The lowest BCUT2D eigenvalue weighted by atomic mass is 9.89. The van der Waals surface area contributed by atoms with Crippen LogP contribution in [0.2, 0.25) is 0 Å². The summed E-state index contributed by atoms with van der Waals surface area (Å²) in [5, 5.41) is 9.61. The van der Waals surface area contributed by atoms with Gasteiger partial charge in [-0.2, -0.15) is 0 Å². The minimum Gasteiger partial charge on any atom is -0.481 e. The van der Waals surface area contributed by atoms with Gasteiger partial charge in [-0.3, -0.25) is 9.59 Å². The summed E-state index contributed by atoms with van der Waals surface area (Å²) < 4.78 is 0. The number of amides is 1. The van der Waals surface area contributed by atoms with Gasteiger partial charge in [0.05, 0.1) is 10.8 Å². The number of thiophene rings is 1. The molecule has 1 N–H and O–H groups in total. The molecule has 5 heteroatoms. The minimum absolute atomic E-state index is 0.0101. The number of hydrogen-bond acceptors (Lipinski definition) is 3. The smallest absolute Gasteiger partial charge is 0.308 e. The van der Waals surface area contributed by atoms with E-state index in [2.05, 4.69) is 0 Å². The van der Waals surface area contributed by atoms with E-state index in [4.69, 9.17) is 0 Å². The molecule has 0 bridgehead atoms. The molecule has 1 amide bonds. The molecule has 2 aromatic rings. The quantitative estimate of drug-likeness (QED) is 0.916. The van der Waals surface area contributed by atoms with E-state index in [1.807, 2.05) is 36.4 Å². The third kappa shape index (κ3) is 3.09. The molecular weight excluding hydrogens is 334 g/mol. The topological polar surface area (TPSA) is 57.6 Å². The molecular formula is C20H21NO3S. The zero-order chi connectivity index (χ0) is 17.4. The fourth-order valence-corrected chi connectivity index (χ4v) is 5.23. The molecule has 1 aromatic heterocycles. The Morgan fingerprint density at radius 1 is 1.08 bits per heavy atom. The lowest BCUT2D eigenvalue weighted by molar-refractivity contribution is -0.141. The number of likely N-dealkylation sites (tertiary alicyclic amines) is 1. The number of hydrogen-bond donors (Lipinski definition) is 1. The molecule has 2 aliphatic rings. The summed E-state index contributed by atoms with van der Waals surface area (Å²) in [6.45, 7) is 0.763. The number of nitrogens with zero attached hydrogens (tertiary/aromatic N) is 1. The molecule has 4 nitrogen and oxygen atoms in total. The van der Waals surface area contributed by atoms with Crippen molar-refractivity contribution in [1.29, 1.82) is 0 Å². The summed E-state index contributed by atoms with van der Waals surface area (Å²) in [6.07, 6.45) is 4.52. The van der Waals surface area contributed by atoms with Crippen LogP contribution in [0.15, 0.2) is 36.4 Å². The fraction of sp³-hybridized carbons (Fsp3) is 0.400. The van der Waals surface area contributed by atoms with Gasteiger partial charge in [0.25, 0.3) is 5.91 Å². The summed E-state index contributed by atoms with van der Waals surface area (Å²) in [4.78, 5) is 28.5. The average Bonchev–Trinajstić information content (AvgIpc) is 3.26. The van der Waals surface area contributed by atoms with Gasteiger partial charge in [0, 0.05) is 23.9 Å². The first-order valence-corrected chi connectivity index (χ1v) is 9.63. The van der Waals surface area contributed by atoms with E-state index < -0.39 is 11.9 Å². The minimum atomic E-state index is -0.824. The number of benzene rings is 1. The Labute approximate surface area is 151 Å². The van der Waals surface area contributed by atoms with E-state index in [0.717, 1.165) is 23.3 Å². The van der Waals surface area contributed by atoms with Crippen molar-refractivity contribution in [1.82, 2.24) is 4.90 Å². The van der Waals surface area contributed by atoms with E-state index in [0.29, 0.717) is 6.54 Å². The summed E-state index contributed by atoms with van der Waals surface area (Å²) in [7, 11) is 0. The molecule has 1 aliphatic heterocycles. The molecule has 0 spiro atoms. The number of carboxylic acid groups (broad SMARTS) is 1. The van der Waals surface area contributed by atoms with Gasteiger partial charge in [0.2, 0.25) is 0 Å². The van der Waals surface area contributed by atoms with Crippen LogP contribution >= 0.6 is 11.3 Å². The highest BCUT2D eigenvalue weighted by atomic mass is 32.1. The Balaban J connectivity index is 1.57. The maximum absolute atomic E-state index is 13.0. The van der Waals surface area contributed by atoms with Crippen LogP contribution in [0.4, 0.5) is 0 Å². The number of aryl methyl sites for hydroxylation is 2. The third-order valence-electron chi connectivity index (χ3n) is 5.36. The van der Waals surface area contributed by atoms with Crippen LogP contribution < -0.4 is 0 Å². The number of aliphatic carboxylic acids is 1. The zero-order valence-corrected chi connectivity index (χ0v) is 14.8. The second-order valence-corrected chi connectivity index (χ2v) is 8.07. The first-order valence-electron chi connectivity index (χ1n) is 8.82. The summed E-state index contributed by atoms with van der Waals surface area (Å²) in [5.74, 6) is -1.52. The summed E-state index contributed by atoms with van der Waals surface area (Å²) in [5.41, 5.74) is 2.31. The molecule has 2 atom stereocenters. The first-order chi connectivity index (χ1) is 12.1. The molecule has 25 heavy (non-hydrogen) atoms. The average molecular weight is 355 g/mol. The van der Waals surface area contributed by atoms with Crippen molar-refractivity contribution in [2.45, 2.75) is 31.6 Å². The van der Waals surface area contributed by atoms with E-state index in [9.17, 15) is 14.7 Å². The van der Waals surface area contributed by atoms with E-state index >= 15 is 0 Å². The molecule has 1 aliphatic carbocycles. The Bertz CT molecular complexity index is 775. The molecule has 1 saturated heterocycles. The van der Waals surface area contributed by atoms with Gasteiger partial charge in [-0.1, -0.05) is 30.3 Å². The SMILES string of the molecule is O=C(O)C1CN(C(=O)c2cc3c(s2)CCCC3)CC1c1ccccc1. The van der Waals surface area contributed by atoms with Gasteiger partial charge < -0.3 is 10.0 Å². The van der Waals surface area contributed by atoms with Gasteiger partial charge in [0.1, 0.15) is 0 Å². The van der Waals surface area contributed by atoms with Crippen LogP contribution in [0, 0.1) is 5.92 Å². The van der Waals surface area contributed by atoms with Gasteiger partial charge >= 0.3 is 5.97 Å². The zero-order valence-electron chi connectivity index (χ0n) is 14.0. The van der Waals surface area contributed by atoms with Crippen molar-refractivity contribution in [3.05, 3.63) is 57.3 Å². The largest absolute Gasteiger partial charge is 0.481 e. The van der Waals surface area contributed by atoms with Crippen LogP contribution in [0.3, 0.4) is 0 Å². The van der Waals surface area contributed by atoms with Crippen LogP contribution in [0.5, 0.6) is 0 Å². The van der Waals surface area contributed by atoms with Crippen molar-refractivity contribution in [3.63, 3.8) is 0 Å². The number of fused-ring (bicyclic) bond motifs is 1. The monoisotopic (exact) mass is 355 g/mol. The first kappa shape index (κ1) is 16.3. The van der Waals surface area contributed by atoms with Crippen LogP contribution in [0.1, 0.15) is 44.4 Å². The predicted molar refractivity (Wildman–Crippen MR) is 97.2 cm³/mol. The van der Waals surface area contributed by atoms with E-state index in [1.165, 1.54) is 23.3 Å². The predicted octanol–water partition coefficient (Wildman–Crippen LogP) is 3.57. The maximum atomic E-state index is 13.0. The molecule has 4 rings (SSSR count). The number of rotatable bonds is 3. The standard InChI is InChI=1S/C20H21NO3S/c22-19(18-10-14-8-4-5-9-17(14)25-18)21-11-15(16(12-21)20(23)24)13-6-2-1-3-7-13/h1-3,6-7,10,15-16H,4-5,8-9,11-12H2,(H,23,24). The Hall–Kier alpha value is -2.14. The normalized spacial score (nSPS) is 22.6. The van der Waals surface area contributed by atoms with Gasteiger partial charge in [0.15, 0.2) is 0 Å². The van der Waals surface area contributed by atoms with Crippen molar-refractivity contribution >= 4 is 23.2 Å². The molecule has 2 unspecified atom stereocenters. The van der Waals surface area contributed by atoms with Gasteiger partial charge in [-0.05, 0) is 42.9 Å². The lowest BCUT2D eigenvalue weighted by Gasteiger charge is -2.15. The molecule has 0 saturated carbocycles. The molecule has 130 valence electrons. The third-order valence-corrected chi connectivity index (χ3v) is 6.58. The fourth-order valence-electron chi connectivity index (χ4n) is 4.01. The second-order valence-electron chi connectivity index (χ2n) is 6.94. The summed E-state index contributed by atoms with van der Waals surface area (Å²) in [6, 6.07) is 11.7. The van der Waals surface area contributed by atoms with Gasteiger partial charge in [-0.25, -0.2) is 0 Å². The second kappa shape index (κ2) is 6.64. The Kier molecular flexibility index (Phi) is 4.34. The van der Waals surface area contributed by atoms with Crippen LogP contribution in [0.25, 0.3) is 0 Å². The Morgan fingerprint density at radius 3 is 2.56 bits per heavy atom. The molecule has 0 radical (unpaired) electrons. The van der Waals surface area contributed by atoms with E-state index in [1.54, 1.807) is 16.2 Å². The van der Waals surface area contributed by atoms with Crippen molar-refractivity contribution in [2.75, 3.05) is 13.1 Å². The lowest BCUT2D eigenvalue weighted by Crippen LogP contribution is -2.29. The summed E-state index contributed by atoms with van der Waals surface area (Å²) >= 11 is 1.60.